The van der Waals surface area contributed by atoms with E-state index in [0.717, 1.165) is 10.7 Å². The smallest absolute Gasteiger partial charge is 0.0766 e. The first-order valence-corrected chi connectivity index (χ1v) is 4.01. The van der Waals surface area contributed by atoms with E-state index in [-0.39, 0.29) is 0 Å². The van der Waals surface area contributed by atoms with E-state index in [0.29, 0.717) is 5.02 Å². The van der Waals surface area contributed by atoms with E-state index in [1.807, 2.05) is 31.2 Å². The minimum Gasteiger partial charge on any atom is -0.349 e. The Labute approximate surface area is 76.4 Å². The average molecular weight is 186 g/mol. The number of hydrogen-bond acceptors (Lipinski definition) is 1. The molecule has 1 N–H and O–H groups in total. The lowest BCUT2D eigenvalue weighted by Gasteiger charge is -2.04. The number of hydrogen-bond donors (Lipinski definition) is 1. The van der Waals surface area contributed by atoms with Crippen LogP contribution in [0.3, 0.4) is 0 Å². The van der Waals surface area contributed by atoms with Gasteiger partial charge in [-0.15, -0.1) is 0 Å². The quantitative estimate of drug-likeness (QED) is 0.675. The monoisotopic (exact) mass is 185 g/mol. The Balaban J connectivity index is 2.86. The van der Waals surface area contributed by atoms with Crippen LogP contribution in [-0.4, -0.2) is 4.99 Å². The number of anilines is 1. The standard InChI is InChI=1S/C8H8ClNS/c1-6(11)10-8-5-3-2-4-7(8)9/h2-5H,1H3,(H,10,11). The first kappa shape index (κ1) is 8.50. The first-order chi connectivity index (χ1) is 5.20. The van der Waals surface area contributed by atoms with E-state index in [1.54, 1.807) is 0 Å². The highest BCUT2D eigenvalue weighted by molar-refractivity contribution is 7.80. The Morgan fingerprint density at radius 2 is 2.09 bits per heavy atom. The highest BCUT2D eigenvalue weighted by Crippen LogP contribution is 2.20. The fourth-order valence-corrected chi connectivity index (χ4v) is 1.05. The molecule has 0 heterocycles. The van der Waals surface area contributed by atoms with E-state index in [4.69, 9.17) is 23.8 Å². The summed E-state index contributed by atoms with van der Waals surface area (Å²) in [6.45, 7) is 1.82. The molecule has 0 atom stereocenters. The van der Waals surface area contributed by atoms with Crippen molar-refractivity contribution in [2.45, 2.75) is 6.92 Å². The molecule has 0 aliphatic heterocycles. The summed E-state index contributed by atoms with van der Waals surface area (Å²) in [5, 5.41) is 3.66. The molecule has 58 valence electrons. The molecule has 0 amide bonds. The topological polar surface area (TPSA) is 12.0 Å². The molecule has 11 heavy (non-hydrogen) atoms. The predicted octanol–water partition coefficient (Wildman–Crippen LogP) is 3.10. The molecule has 3 heteroatoms. The van der Waals surface area contributed by atoms with Gasteiger partial charge >= 0.3 is 0 Å². The summed E-state index contributed by atoms with van der Waals surface area (Å²) < 4.78 is 0. The van der Waals surface area contributed by atoms with Gasteiger partial charge in [0, 0.05) is 0 Å². The van der Waals surface area contributed by atoms with Crippen molar-refractivity contribution >= 4 is 34.5 Å². The summed E-state index contributed by atoms with van der Waals surface area (Å²) >= 11 is 10.7. The van der Waals surface area contributed by atoms with Crippen LogP contribution in [0, 0.1) is 0 Å². The first-order valence-electron chi connectivity index (χ1n) is 3.22. The van der Waals surface area contributed by atoms with Gasteiger partial charge in [0.15, 0.2) is 0 Å². The highest BCUT2D eigenvalue weighted by Gasteiger charge is 1.96. The molecule has 0 aliphatic carbocycles. The molecule has 1 aromatic rings. The molecular weight excluding hydrogens is 178 g/mol. The van der Waals surface area contributed by atoms with E-state index >= 15 is 0 Å². The summed E-state index contributed by atoms with van der Waals surface area (Å²) in [6.07, 6.45) is 0. The molecule has 0 bridgehead atoms. The normalized spacial score (nSPS) is 9.27. The lowest BCUT2D eigenvalue weighted by atomic mass is 10.3. The summed E-state index contributed by atoms with van der Waals surface area (Å²) in [4.78, 5) is 0.720. The van der Waals surface area contributed by atoms with Crippen molar-refractivity contribution in [1.29, 1.82) is 0 Å². The van der Waals surface area contributed by atoms with Crippen LogP contribution < -0.4 is 5.32 Å². The van der Waals surface area contributed by atoms with E-state index < -0.39 is 0 Å². The number of rotatable bonds is 1. The second-order valence-electron chi connectivity index (χ2n) is 2.16. The van der Waals surface area contributed by atoms with E-state index in [9.17, 15) is 0 Å². The number of benzene rings is 1. The zero-order valence-electron chi connectivity index (χ0n) is 6.10. The summed E-state index contributed by atoms with van der Waals surface area (Å²) in [5.74, 6) is 0. The maximum Gasteiger partial charge on any atom is 0.0766 e. The van der Waals surface area contributed by atoms with Crippen LogP contribution in [0.1, 0.15) is 6.92 Å². The van der Waals surface area contributed by atoms with Gasteiger partial charge in [0.25, 0.3) is 0 Å². The largest absolute Gasteiger partial charge is 0.349 e. The molecule has 0 aromatic heterocycles. The lowest BCUT2D eigenvalue weighted by Crippen LogP contribution is -2.03. The third-order valence-electron chi connectivity index (χ3n) is 1.18. The van der Waals surface area contributed by atoms with Crippen molar-refractivity contribution < 1.29 is 0 Å². The minimum absolute atomic E-state index is 0.691. The van der Waals surface area contributed by atoms with Crippen LogP contribution in [0.2, 0.25) is 5.02 Å². The average Bonchev–Trinajstić information content (AvgIpc) is 1.93. The van der Waals surface area contributed by atoms with E-state index in [1.165, 1.54) is 0 Å². The van der Waals surface area contributed by atoms with Gasteiger partial charge in [-0.1, -0.05) is 36.0 Å². The molecular formula is C8H8ClNS. The Bertz CT molecular complexity index is 273. The summed E-state index contributed by atoms with van der Waals surface area (Å²) in [5.41, 5.74) is 0.863. The fraction of sp³-hybridized carbons (Fsp3) is 0.125. The SMILES string of the molecule is CC(=S)Nc1ccccc1Cl. The molecule has 0 fully saturated rings. The second-order valence-corrected chi connectivity index (χ2v) is 3.18. The molecule has 0 saturated carbocycles. The lowest BCUT2D eigenvalue weighted by molar-refractivity contribution is 1.63. The van der Waals surface area contributed by atoms with Crippen LogP contribution in [-0.2, 0) is 0 Å². The summed E-state index contributed by atoms with van der Waals surface area (Å²) in [6, 6.07) is 7.50. The number of para-hydroxylation sites is 1. The van der Waals surface area contributed by atoms with Gasteiger partial charge in [-0.2, -0.15) is 0 Å². The number of nitrogens with one attached hydrogen (secondary N) is 1. The van der Waals surface area contributed by atoms with Crippen molar-refractivity contribution in [2.75, 3.05) is 5.32 Å². The van der Waals surface area contributed by atoms with Crippen LogP contribution in [0.5, 0.6) is 0 Å². The van der Waals surface area contributed by atoms with Crippen LogP contribution in [0.4, 0.5) is 5.69 Å². The number of thiocarbonyl (C=S) groups is 1. The molecule has 0 aliphatic rings. The van der Waals surface area contributed by atoms with Gasteiger partial charge < -0.3 is 5.32 Å². The second kappa shape index (κ2) is 3.69. The zero-order chi connectivity index (χ0) is 8.27. The fourth-order valence-electron chi connectivity index (χ4n) is 0.752. The predicted molar refractivity (Wildman–Crippen MR) is 53.3 cm³/mol. The number of halogens is 1. The minimum atomic E-state index is 0.691. The maximum absolute atomic E-state index is 5.85. The van der Waals surface area contributed by atoms with Gasteiger partial charge in [-0.05, 0) is 19.1 Å². The molecule has 1 rings (SSSR count). The van der Waals surface area contributed by atoms with Gasteiger partial charge in [0.2, 0.25) is 0 Å². The van der Waals surface area contributed by atoms with Gasteiger partial charge in [-0.25, -0.2) is 0 Å². The molecule has 1 nitrogen and oxygen atoms in total. The Morgan fingerprint density at radius 3 is 2.64 bits per heavy atom. The Kier molecular flexibility index (Phi) is 2.85. The summed E-state index contributed by atoms with van der Waals surface area (Å²) in [7, 11) is 0. The van der Waals surface area contributed by atoms with Crippen LogP contribution in [0.25, 0.3) is 0 Å². The van der Waals surface area contributed by atoms with Crippen molar-refractivity contribution in [1.82, 2.24) is 0 Å². The molecule has 0 radical (unpaired) electrons. The zero-order valence-corrected chi connectivity index (χ0v) is 7.67. The maximum atomic E-state index is 5.85. The molecule has 0 unspecified atom stereocenters. The van der Waals surface area contributed by atoms with E-state index in [2.05, 4.69) is 5.32 Å². The van der Waals surface area contributed by atoms with Crippen LogP contribution >= 0.6 is 23.8 Å². The van der Waals surface area contributed by atoms with Crippen molar-refractivity contribution in [3.8, 4) is 0 Å². The molecule has 0 saturated heterocycles. The van der Waals surface area contributed by atoms with Crippen molar-refractivity contribution in [3.05, 3.63) is 29.3 Å². The Hall–Kier alpha value is -0.600. The van der Waals surface area contributed by atoms with Gasteiger partial charge in [0.1, 0.15) is 0 Å². The third-order valence-corrected chi connectivity index (χ3v) is 1.62. The molecule has 0 spiro atoms. The van der Waals surface area contributed by atoms with Crippen LogP contribution in [0.15, 0.2) is 24.3 Å². The molecule has 1 aromatic carbocycles. The van der Waals surface area contributed by atoms with Crippen molar-refractivity contribution in [3.63, 3.8) is 0 Å². The Morgan fingerprint density at radius 1 is 1.45 bits per heavy atom. The van der Waals surface area contributed by atoms with Crippen molar-refractivity contribution in [2.24, 2.45) is 0 Å². The highest BCUT2D eigenvalue weighted by atomic mass is 35.5. The van der Waals surface area contributed by atoms with Gasteiger partial charge in [-0.3, -0.25) is 0 Å². The van der Waals surface area contributed by atoms with Gasteiger partial charge in [0.05, 0.1) is 15.7 Å². The third kappa shape index (κ3) is 2.48.